The lowest BCUT2D eigenvalue weighted by molar-refractivity contribution is 0.208. The number of nitrogens with zero attached hydrogens (tertiary/aromatic N) is 5. The number of rotatable bonds is 3. The molecule has 1 aliphatic heterocycles. The lowest BCUT2D eigenvalue weighted by atomic mass is 9.92. The van der Waals surface area contributed by atoms with Crippen molar-refractivity contribution in [3.05, 3.63) is 12.7 Å². The molecule has 0 aromatic carbocycles. The molecule has 0 aliphatic carbocycles. The van der Waals surface area contributed by atoms with Gasteiger partial charge in [0.15, 0.2) is 5.96 Å². The Morgan fingerprint density at radius 2 is 2.11 bits per heavy atom. The molecular formula is C13H24N6. The van der Waals surface area contributed by atoms with E-state index in [4.69, 9.17) is 0 Å². The van der Waals surface area contributed by atoms with Gasteiger partial charge in [-0.15, -0.1) is 0 Å². The van der Waals surface area contributed by atoms with Gasteiger partial charge in [0.1, 0.15) is 12.7 Å². The van der Waals surface area contributed by atoms with Crippen molar-refractivity contribution >= 4 is 5.96 Å². The Morgan fingerprint density at radius 1 is 1.37 bits per heavy atom. The zero-order valence-corrected chi connectivity index (χ0v) is 12.1. The first-order chi connectivity index (χ1) is 9.19. The predicted octanol–water partition coefficient (Wildman–Crippen LogP) is 0.831. The summed E-state index contributed by atoms with van der Waals surface area (Å²) in [4.78, 5) is 10.7. The molecule has 1 N–H and O–H groups in total. The number of aliphatic imine (C=N–C) groups is 1. The Balaban J connectivity index is 1.82. The fraction of sp³-hybridized carbons (Fsp3) is 0.769. The Morgan fingerprint density at radius 3 is 2.68 bits per heavy atom. The zero-order chi connectivity index (χ0) is 13.7. The SMILES string of the molecule is CN=C(NCCn1cncn1)N1CC(C)CC(C)C1. The molecule has 0 saturated carbocycles. The lowest BCUT2D eigenvalue weighted by Crippen LogP contribution is -2.49. The van der Waals surface area contributed by atoms with Gasteiger partial charge in [-0.05, 0) is 18.3 Å². The van der Waals surface area contributed by atoms with Crippen molar-refractivity contribution < 1.29 is 0 Å². The van der Waals surface area contributed by atoms with Crippen LogP contribution in [0.5, 0.6) is 0 Å². The fourth-order valence-corrected chi connectivity index (χ4v) is 2.80. The summed E-state index contributed by atoms with van der Waals surface area (Å²) in [6.07, 6.45) is 4.60. The van der Waals surface area contributed by atoms with E-state index in [1.807, 2.05) is 11.7 Å². The fourth-order valence-electron chi connectivity index (χ4n) is 2.80. The van der Waals surface area contributed by atoms with Gasteiger partial charge in [0.05, 0.1) is 6.54 Å². The van der Waals surface area contributed by atoms with Crippen LogP contribution in [0.3, 0.4) is 0 Å². The smallest absolute Gasteiger partial charge is 0.193 e. The maximum absolute atomic E-state index is 4.39. The Bertz CT molecular complexity index is 389. The average molecular weight is 264 g/mol. The van der Waals surface area contributed by atoms with Crippen molar-refractivity contribution in [1.29, 1.82) is 0 Å². The number of guanidine groups is 1. The van der Waals surface area contributed by atoms with Crippen molar-refractivity contribution in [2.45, 2.75) is 26.8 Å². The summed E-state index contributed by atoms with van der Waals surface area (Å²) in [6.45, 7) is 8.42. The van der Waals surface area contributed by atoms with Crippen LogP contribution in [0.4, 0.5) is 0 Å². The maximum Gasteiger partial charge on any atom is 0.193 e. The topological polar surface area (TPSA) is 58.3 Å². The Labute approximate surface area is 114 Å². The summed E-state index contributed by atoms with van der Waals surface area (Å²) in [6, 6.07) is 0. The molecule has 1 fully saturated rings. The number of hydrogen-bond donors (Lipinski definition) is 1. The second-order valence-electron chi connectivity index (χ2n) is 5.48. The predicted molar refractivity (Wildman–Crippen MR) is 75.9 cm³/mol. The second kappa shape index (κ2) is 6.54. The molecule has 2 rings (SSSR count). The molecule has 2 unspecified atom stereocenters. The molecule has 1 aliphatic rings. The minimum Gasteiger partial charge on any atom is -0.354 e. The molecule has 1 aromatic rings. The minimum absolute atomic E-state index is 0.734. The first-order valence-corrected chi connectivity index (χ1v) is 6.97. The second-order valence-corrected chi connectivity index (χ2v) is 5.48. The van der Waals surface area contributed by atoms with Gasteiger partial charge in [-0.2, -0.15) is 5.10 Å². The number of nitrogens with one attached hydrogen (secondary N) is 1. The van der Waals surface area contributed by atoms with E-state index in [-0.39, 0.29) is 0 Å². The average Bonchev–Trinajstić information content (AvgIpc) is 2.86. The van der Waals surface area contributed by atoms with Crippen LogP contribution in [0.15, 0.2) is 17.6 Å². The maximum atomic E-state index is 4.39. The number of aromatic nitrogens is 3. The number of hydrogen-bond acceptors (Lipinski definition) is 3. The molecule has 6 nitrogen and oxygen atoms in total. The third-order valence-corrected chi connectivity index (χ3v) is 3.47. The summed E-state index contributed by atoms with van der Waals surface area (Å²) in [5, 5.41) is 7.49. The zero-order valence-electron chi connectivity index (χ0n) is 12.1. The molecule has 2 heterocycles. The summed E-state index contributed by atoms with van der Waals surface area (Å²) in [5.41, 5.74) is 0. The monoisotopic (exact) mass is 264 g/mol. The van der Waals surface area contributed by atoms with Crippen LogP contribution in [0.2, 0.25) is 0 Å². The van der Waals surface area contributed by atoms with Crippen LogP contribution in [0.1, 0.15) is 20.3 Å². The van der Waals surface area contributed by atoms with E-state index in [1.165, 1.54) is 6.42 Å². The van der Waals surface area contributed by atoms with Crippen molar-refractivity contribution in [1.82, 2.24) is 25.0 Å². The van der Waals surface area contributed by atoms with E-state index in [1.54, 1.807) is 12.7 Å². The molecule has 0 amide bonds. The molecule has 0 radical (unpaired) electrons. The quantitative estimate of drug-likeness (QED) is 0.649. The molecule has 106 valence electrons. The number of piperidine rings is 1. The Kier molecular flexibility index (Phi) is 4.76. The van der Waals surface area contributed by atoms with Crippen molar-refractivity contribution in [2.24, 2.45) is 16.8 Å². The van der Waals surface area contributed by atoms with Crippen molar-refractivity contribution in [2.75, 3.05) is 26.7 Å². The van der Waals surface area contributed by atoms with E-state index < -0.39 is 0 Å². The van der Waals surface area contributed by atoms with Crippen LogP contribution < -0.4 is 5.32 Å². The largest absolute Gasteiger partial charge is 0.354 e. The summed E-state index contributed by atoms with van der Waals surface area (Å²) in [7, 11) is 1.85. The summed E-state index contributed by atoms with van der Waals surface area (Å²) >= 11 is 0. The highest BCUT2D eigenvalue weighted by Gasteiger charge is 2.23. The van der Waals surface area contributed by atoms with Crippen LogP contribution in [-0.2, 0) is 6.54 Å². The third kappa shape index (κ3) is 3.94. The highest BCUT2D eigenvalue weighted by atomic mass is 15.3. The summed E-state index contributed by atoms with van der Waals surface area (Å²) in [5.74, 6) is 2.47. The van der Waals surface area contributed by atoms with Crippen LogP contribution in [0, 0.1) is 11.8 Å². The van der Waals surface area contributed by atoms with E-state index >= 15 is 0 Å². The first kappa shape index (κ1) is 13.8. The molecule has 19 heavy (non-hydrogen) atoms. The molecule has 0 spiro atoms. The van der Waals surface area contributed by atoms with Crippen LogP contribution >= 0.6 is 0 Å². The summed E-state index contributed by atoms with van der Waals surface area (Å²) < 4.78 is 1.82. The molecule has 6 heteroatoms. The molecule has 2 atom stereocenters. The number of likely N-dealkylation sites (tertiary alicyclic amines) is 1. The molecular weight excluding hydrogens is 240 g/mol. The normalized spacial score (nSPS) is 24.6. The van der Waals surface area contributed by atoms with Gasteiger partial charge >= 0.3 is 0 Å². The van der Waals surface area contributed by atoms with Crippen LogP contribution in [0.25, 0.3) is 0 Å². The minimum atomic E-state index is 0.734. The van der Waals surface area contributed by atoms with Gasteiger partial charge in [-0.25, -0.2) is 4.98 Å². The van der Waals surface area contributed by atoms with E-state index in [9.17, 15) is 0 Å². The highest BCUT2D eigenvalue weighted by Crippen LogP contribution is 2.20. The van der Waals surface area contributed by atoms with Crippen molar-refractivity contribution in [3.8, 4) is 0 Å². The standard InChI is InChI=1S/C13H24N6/c1-11-6-12(2)8-18(7-11)13(14-3)16-4-5-19-10-15-9-17-19/h9-12H,4-8H2,1-3H3,(H,14,16). The van der Waals surface area contributed by atoms with E-state index in [0.29, 0.717) is 0 Å². The van der Waals surface area contributed by atoms with Gasteiger partial charge in [0.2, 0.25) is 0 Å². The molecule has 0 bridgehead atoms. The lowest BCUT2D eigenvalue weighted by Gasteiger charge is -2.37. The first-order valence-electron chi connectivity index (χ1n) is 6.97. The molecule has 1 saturated heterocycles. The molecule has 1 aromatic heterocycles. The van der Waals surface area contributed by atoms with Gasteiger partial charge in [-0.3, -0.25) is 9.67 Å². The van der Waals surface area contributed by atoms with E-state index in [0.717, 1.165) is 44.0 Å². The van der Waals surface area contributed by atoms with Gasteiger partial charge in [0, 0.05) is 26.7 Å². The highest BCUT2D eigenvalue weighted by molar-refractivity contribution is 5.79. The van der Waals surface area contributed by atoms with Gasteiger partial charge in [0.25, 0.3) is 0 Å². The third-order valence-electron chi connectivity index (χ3n) is 3.47. The van der Waals surface area contributed by atoms with Crippen molar-refractivity contribution in [3.63, 3.8) is 0 Å². The van der Waals surface area contributed by atoms with Crippen LogP contribution in [-0.4, -0.2) is 52.3 Å². The van der Waals surface area contributed by atoms with Gasteiger partial charge < -0.3 is 10.2 Å². The van der Waals surface area contributed by atoms with E-state index in [2.05, 4.69) is 39.1 Å². The van der Waals surface area contributed by atoms with Gasteiger partial charge in [-0.1, -0.05) is 13.8 Å². The Hall–Kier alpha value is -1.59.